The largest absolute Gasteiger partial charge is 0.417 e. The number of carbonyl (C=O) groups excluding carboxylic acids is 1. The van der Waals surface area contributed by atoms with Crippen molar-refractivity contribution in [3.8, 4) is 11.3 Å². The van der Waals surface area contributed by atoms with Crippen LogP contribution in [0.5, 0.6) is 0 Å². The number of aromatic nitrogens is 1. The molecule has 0 radical (unpaired) electrons. The van der Waals surface area contributed by atoms with Crippen molar-refractivity contribution in [2.45, 2.75) is 56.2 Å². The first-order chi connectivity index (χ1) is 15.9. The Hall–Kier alpha value is -3.09. The van der Waals surface area contributed by atoms with Gasteiger partial charge in [0.2, 0.25) is 5.91 Å². The predicted molar refractivity (Wildman–Crippen MR) is 117 cm³/mol. The van der Waals surface area contributed by atoms with Gasteiger partial charge in [0.1, 0.15) is 0 Å². The number of hydrogen-bond donors (Lipinski definition) is 1. The third-order valence-corrected chi connectivity index (χ3v) is 7.15. The molecule has 1 N–H and O–H groups in total. The molecule has 4 nitrogen and oxygen atoms in total. The lowest BCUT2D eigenvalue weighted by atomic mass is 9.71. The molecule has 0 spiro atoms. The summed E-state index contributed by atoms with van der Waals surface area (Å²) in [5.74, 6) is -0.388. The van der Waals surface area contributed by atoms with Crippen molar-refractivity contribution in [2.75, 3.05) is 0 Å². The van der Waals surface area contributed by atoms with Gasteiger partial charge in [0, 0.05) is 23.5 Å². The summed E-state index contributed by atoms with van der Waals surface area (Å²) in [5, 5.41) is 7.41. The highest BCUT2D eigenvalue weighted by Gasteiger charge is 2.44. The summed E-state index contributed by atoms with van der Waals surface area (Å²) >= 11 is 0. The van der Waals surface area contributed by atoms with Crippen molar-refractivity contribution in [3.63, 3.8) is 0 Å². The number of nitrogens with one attached hydrogen (secondary N) is 1. The number of hydrogen-bond acceptors (Lipinski definition) is 3. The van der Waals surface area contributed by atoms with Gasteiger partial charge < -0.3 is 9.84 Å². The fraction of sp³-hybridized carbons (Fsp3) is 0.385. The van der Waals surface area contributed by atoms with Crippen molar-refractivity contribution >= 4 is 5.91 Å². The van der Waals surface area contributed by atoms with E-state index in [0.717, 1.165) is 50.2 Å². The molecule has 1 aromatic heterocycles. The number of alkyl halides is 3. The first-order valence-corrected chi connectivity index (χ1v) is 11.4. The summed E-state index contributed by atoms with van der Waals surface area (Å²) in [7, 11) is 0. The standard InChI is InChI=1S/C26H25F3N2O2/c27-26(28,29)21-13-5-4-10-20(21)23-16-22(31-33-23)18-11-6-12-19(18)24(32)30-25(14-7-15-25)17-8-2-1-3-9-17/h1-5,8-10,13,16,18-19H,6-7,11-12,14-15H2,(H,30,32)/t18-,19-/m1/s1. The van der Waals surface area contributed by atoms with E-state index >= 15 is 0 Å². The maximum atomic E-state index is 13.4. The number of carbonyl (C=O) groups is 1. The first kappa shape index (κ1) is 21.7. The summed E-state index contributed by atoms with van der Waals surface area (Å²) in [6.07, 6.45) is 0.724. The van der Waals surface area contributed by atoms with Crippen LogP contribution in [0.2, 0.25) is 0 Å². The third-order valence-electron chi connectivity index (χ3n) is 7.15. The number of amides is 1. The second-order valence-electron chi connectivity index (χ2n) is 9.09. The number of halogens is 3. The predicted octanol–water partition coefficient (Wildman–Crippen LogP) is 6.44. The molecular formula is C26H25F3N2O2. The van der Waals surface area contributed by atoms with E-state index in [9.17, 15) is 18.0 Å². The normalized spacial score (nSPS) is 22.0. The molecule has 1 heterocycles. The Labute approximate surface area is 190 Å². The van der Waals surface area contributed by atoms with Crippen LogP contribution in [0.15, 0.2) is 65.2 Å². The average molecular weight is 454 g/mol. The Kier molecular flexibility index (Phi) is 5.51. The lowest BCUT2D eigenvalue weighted by Crippen LogP contribution is -2.52. The van der Waals surface area contributed by atoms with Crippen molar-refractivity contribution in [3.05, 3.63) is 77.5 Å². The molecule has 2 aliphatic rings. The molecule has 3 aromatic rings. The van der Waals surface area contributed by atoms with Crippen LogP contribution in [0.25, 0.3) is 11.3 Å². The lowest BCUT2D eigenvalue weighted by Gasteiger charge is -2.44. The van der Waals surface area contributed by atoms with Gasteiger partial charge in [0.25, 0.3) is 0 Å². The van der Waals surface area contributed by atoms with E-state index in [1.165, 1.54) is 12.1 Å². The van der Waals surface area contributed by atoms with Crippen LogP contribution < -0.4 is 5.32 Å². The lowest BCUT2D eigenvalue weighted by molar-refractivity contribution is -0.137. The molecule has 2 atom stereocenters. The SMILES string of the molecule is O=C(NC1(c2ccccc2)CCC1)[C@@H]1CCC[C@H]1c1cc(-c2ccccc2C(F)(F)F)on1. The van der Waals surface area contributed by atoms with Crippen molar-refractivity contribution in [2.24, 2.45) is 5.92 Å². The fourth-order valence-corrected chi connectivity index (χ4v) is 5.27. The Bertz CT molecular complexity index is 1140. The molecule has 33 heavy (non-hydrogen) atoms. The van der Waals surface area contributed by atoms with Gasteiger partial charge in [-0.15, -0.1) is 0 Å². The van der Waals surface area contributed by atoms with Crippen LogP contribution in [0, 0.1) is 5.92 Å². The molecule has 0 unspecified atom stereocenters. The van der Waals surface area contributed by atoms with E-state index in [1.54, 1.807) is 12.1 Å². The molecule has 5 rings (SSSR count). The topological polar surface area (TPSA) is 55.1 Å². The van der Waals surface area contributed by atoms with Crippen LogP contribution in [0.4, 0.5) is 13.2 Å². The quantitative estimate of drug-likeness (QED) is 0.483. The van der Waals surface area contributed by atoms with Gasteiger partial charge in [-0.1, -0.05) is 60.1 Å². The van der Waals surface area contributed by atoms with Gasteiger partial charge in [0.15, 0.2) is 5.76 Å². The molecule has 2 saturated carbocycles. The summed E-state index contributed by atoms with van der Waals surface area (Å²) in [6, 6.07) is 16.9. The first-order valence-electron chi connectivity index (χ1n) is 11.4. The zero-order chi connectivity index (χ0) is 23.1. The number of benzene rings is 2. The van der Waals surface area contributed by atoms with Crippen LogP contribution in [-0.2, 0) is 16.5 Å². The Morgan fingerprint density at radius 1 is 1.00 bits per heavy atom. The summed E-state index contributed by atoms with van der Waals surface area (Å²) < 4.78 is 45.6. The second kappa shape index (κ2) is 8.36. The molecule has 1 amide bonds. The molecule has 0 bridgehead atoms. The highest BCUT2D eigenvalue weighted by atomic mass is 19.4. The zero-order valence-electron chi connectivity index (χ0n) is 18.1. The van der Waals surface area contributed by atoms with E-state index in [-0.39, 0.29) is 34.6 Å². The van der Waals surface area contributed by atoms with E-state index in [4.69, 9.17) is 4.52 Å². The summed E-state index contributed by atoms with van der Waals surface area (Å²) in [6.45, 7) is 0. The Morgan fingerprint density at radius 3 is 2.42 bits per heavy atom. The zero-order valence-corrected chi connectivity index (χ0v) is 18.1. The third kappa shape index (κ3) is 4.05. The van der Waals surface area contributed by atoms with Gasteiger partial charge >= 0.3 is 6.18 Å². The van der Waals surface area contributed by atoms with Crippen LogP contribution in [0.3, 0.4) is 0 Å². The second-order valence-corrected chi connectivity index (χ2v) is 9.09. The Balaban J connectivity index is 1.37. The van der Waals surface area contributed by atoms with Gasteiger partial charge in [0.05, 0.1) is 16.8 Å². The molecule has 2 aliphatic carbocycles. The minimum atomic E-state index is -4.49. The van der Waals surface area contributed by atoms with Crippen LogP contribution in [0.1, 0.15) is 61.3 Å². The smallest absolute Gasteiger partial charge is 0.356 e. The monoisotopic (exact) mass is 454 g/mol. The average Bonchev–Trinajstić information content (AvgIpc) is 3.46. The number of rotatable bonds is 5. The molecule has 0 saturated heterocycles. The molecular weight excluding hydrogens is 429 g/mol. The minimum absolute atomic E-state index is 0.0127. The van der Waals surface area contributed by atoms with Crippen molar-refractivity contribution in [1.29, 1.82) is 0 Å². The van der Waals surface area contributed by atoms with E-state index < -0.39 is 11.7 Å². The highest BCUT2D eigenvalue weighted by Crippen LogP contribution is 2.45. The van der Waals surface area contributed by atoms with E-state index in [1.807, 2.05) is 30.3 Å². The highest BCUT2D eigenvalue weighted by molar-refractivity contribution is 5.81. The van der Waals surface area contributed by atoms with Crippen molar-refractivity contribution in [1.82, 2.24) is 10.5 Å². The fourth-order valence-electron chi connectivity index (χ4n) is 5.27. The number of nitrogens with zero attached hydrogens (tertiary/aromatic N) is 1. The molecule has 0 aliphatic heterocycles. The van der Waals surface area contributed by atoms with Gasteiger partial charge in [-0.2, -0.15) is 13.2 Å². The Morgan fingerprint density at radius 2 is 1.73 bits per heavy atom. The van der Waals surface area contributed by atoms with Crippen LogP contribution in [-0.4, -0.2) is 11.1 Å². The molecule has 172 valence electrons. The van der Waals surface area contributed by atoms with Gasteiger partial charge in [-0.3, -0.25) is 4.79 Å². The molecule has 2 aromatic carbocycles. The van der Waals surface area contributed by atoms with Gasteiger partial charge in [-0.25, -0.2) is 0 Å². The minimum Gasteiger partial charge on any atom is -0.356 e. The van der Waals surface area contributed by atoms with Crippen LogP contribution >= 0.6 is 0 Å². The van der Waals surface area contributed by atoms with E-state index in [0.29, 0.717) is 5.69 Å². The molecule has 2 fully saturated rings. The maximum absolute atomic E-state index is 13.4. The van der Waals surface area contributed by atoms with Crippen molar-refractivity contribution < 1.29 is 22.5 Å². The maximum Gasteiger partial charge on any atom is 0.417 e. The molecule has 7 heteroatoms. The summed E-state index contributed by atoms with van der Waals surface area (Å²) in [5.41, 5.74) is 0.531. The van der Waals surface area contributed by atoms with Gasteiger partial charge in [-0.05, 0) is 43.7 Å². The van der Waals surface area contributed by atoms with E-state index in [2.05, 4.69) is 10.5 Å². The summed E-state index contributed by atoms with van der Waals surface area (Å²) in [4.78, 5) is 13.4.